The van der Waals surface area contributed by atoms with Crippen molar-refractivity contribution in [3.63, 3.8) is 0 Å². The van der Waals surface area contributed by atoms with Crippen molar-refractivity contribution in [2.75, 3.05) is 32.8 Å². The minimum absolute atomic E-state index is 0.317. The van der Waals surface area contributed by atoms with Gasteiger partial charge in [0.05, 0.1) is 12.6 Å². The molecule has 5 heteroatoms. The molecule has 0 unspecified atom stereocenters. The molecule has 0 spiro atoms. The van der Waals surface area contributed by atoms with E-state index in [0.29, 0.717) is 18.1 Å². The van der Waals surface area contributed by atoms with Gasteiger partial charge in [-0.15, -0.1) is 0 Å². The predicted octanol–water partition coefficient (Wildman–Crippen LogP) is 0.554. The molecular weight excluding hydrogens is 228 g/mol. The van der Waals surface area contributed by atoms with E-state index in [9.17, 15) is 0 Å². The van der Waals surface area contributed by atoms with Crippen LogP contribution in [-0.2, 0) is 4.74 Å². The van der Waals surface area contributed by atoms with Crippen molar-refractivity contribution in [2.24, 2.45) is 10.7 Å². The first-order chi connectivity index (χ1) is 8.79. The van der Waals surface area contributed by atoms with E-state index >= 15 is 0 Å². The number of nitrogens with one attached hydrogen (secondary N) is 1. The summed E-state index contributed by atoms with van der Waals surface area (Å²) in [5, 5.41) is 3.17. The van der Waals surface area contributed by atoms with Crippen molar-refractivity contribution in [1.29, 1.82) is 0 Å². The van der Waals surface area contributed by atoms with Crippen LogP contribution in [0, 0.1) is 0 Å². The van der Waals surface area contributed by atoms with Crippen LogP contribution in [0.1, 0.15) is 32.6 Å². The third kappa shape index (κ3) is 3.85. The lowest BCUT2D eigenvalue weighted by molar-refractivity contribution is 0.114. The Bertz CT molecular complexity index is 276. The Morgan fingerprint density at radius 2 is 2.33 bits per heavy atom. The predicted molar refractivity (Wildman–Crippen MR) is 73.7 cm³/mol. The van der Waals surface area contributed by atoms with Gasteiger partial charge in [-0.25, -0.2) is 0 Å². The Morgan fingerprint density at radius 1 is 1.44 bits per heavy atom. The van der Waals surface area contributed by atoms with Crippen molar-refractivity contribution in [1.82, 2.24) is 10.2 Å². The highest BCUT2D eigenvalue weighted by molar-refractivity contribution is 5.77. The second kappa shape index (κ2) is 6.95. The van der Waals surface area contributed by atoms with Crippen LogP contribution in [0.3, 0.4) is 0 Å². The molecule has 2 atom stereocenters. The zero-order valence-electron chi connectivity index (χ0n) is 11.4. The summed E-state index contributed by atoms with van der Waals surface area (Å²) in [6, 6.07) is 0.582. The molecular formula is C13H26N4O. The molecule has 0 radical (unpaired) electrons. The van der Waals surface area contributed by atoms with E-state index in [-0.39, 0.29) is 0 Å². The average molecular weight is 254 g/mol. The molecule has 2 heterocycles. The SMILES string of the molecule is CCN1CCC[C@@H]1CN=C(N)NC[C@H]1CCCO1. The lowest BCUT2D eigenvalue weighted by Crippen LogP contribution is -2.39. The molecule has 2 aliphatic heterocycles. The molecule has 2 fully saturated rings. The summed E-state index contributed by atoms with van der Waals surface area (Å²) >= 11 is 0. The first-order valence-corrected chi connectivity index (χ1v) is 7.19. The monoisotopic (exact) mass is 254 g/mol. The number of likely N-dealkylation sites (tertiary alicyclic amines) is 1. The number of aliphatic imine (C=N–C) groups is 1. The smallest absolute Gasteiger partial charge is 0.188 e. The normalized spacial score (nSPS) is 29.9. The molecule has 5 nitrogen and oxygen atoms in total. The number of likely N-dealkylation sites (N-methyl/N-ethyl adjacent to an activating group) is 1. The lowest BCUT2D eigenvalue weighted by Gasteiger charge is -2.21. The van der Waals surface area contributed by atoms with Gasteiger partial charge in [0, 0.05) is 19.2 Å². The summed E-state index contributed by atoms with van der Waals surface area (Å²) < 4.78 is 5.53. The van der Waals surface area contributed by atoms with Gasteiger partial charge in [-0.1, -0.05) is 6.92 Å². The highest BCUT2D eigenvalue weighted by atomic mass is 16.5. The van der Waals surface area contributed by atoms with E-state index < -0.39 is 0 Å². The number of hydrogen-bond donors (Lipinski definition) is 2. The fourth-order valence-electron chi connectivity index (χ4n) is 2.80. The zero-order valence-corrected chi connectivity index (χ0v) is 11.4. The number of rotatable bonds is 5. The highest BCUT2D eigenvalue weighted by Gasteiger charge is 2.22. The standard InChI is InChI=1S/C13H26N4O/c1-2-17-7-3-5-11(17)9-15-13(14)16-10-12-6-4-8-18-12/h11-12H,2-10H2,1H3,(H3,14,15,16)/t11-,12-/m1/s1. The van der Waals surface area contributed by atoms with Crippen molar-refractivity contribution in [2.45, 2.75) is 44.8 Å². The van der Waals surface area contributed by atoms with Crippen LogP contribution >= 0.6 is 0 Å². The van der Waals surface area contributed by atoms with Gasteiger partial charge in [-0.3, -0.25) is 9.89 Å². The lowest BCUT2D eigenvalue weighted by atomic mass is 10.2. The van der Waals surface area contributed by atoms with Crippen LogP contribution < -0.4 is 11.1 Å². The summed E-state index contributed by atoms with van der Waals surface area (Å²) in [5.41, 5.74) is 5.88. The third-order valence-corrected chi connectivity index (χ3v) is 3.91. The van der Waals surface area contributed by atoms with Crippen molar-refractivity contribution >= 4 is 5.96 Å². The topological polar surface area (TPSA) is 62.9 Å². The molecule has 18 heavy (non-hydrogen) atoms. The van der Waals surface area contributed by atoms with Gasteiger partial charge >= 0.3 is 0 Å². The Balaban J connectivity index is 1.67. The molecule has 0 saturated carbocycles. The van der Waals surface area contributed by atoms with Crippen molar-refractivity contribution < 1.29 is 4.74 Å². The van der Waals surface area contributed by atoms with E-state index in [4.69, 9.17) is 10.5 Å². The molecule has 0 aromatic carbocycles. The van der Waals surface area contributed by atoms with Crippen molar-refractivity contribution in [3.8, 4) is 0 Å². The number of hydrogen-bond acceptors (Lipinski definition) is 3. The fraction of sp³-hybridized carbons (Fsp3) is 0.923. The molecule has 2 rings (SSSR count). The van der Waals surface area contributed by atoms with Gasteiger partial charge in [0.15, 0.2) is 5.96 Å². The molecule has 2 aliphatic rings. The first-order valence-electron chi connectivity index (χ1n) is 7.19. The van der Waals surface area contributed by atoms with Crippen LogP contribution in [-0.4, -0.2) is 55.8 Å². The summed E-state index contributed by atoms with van der Waals surface area (Å²) in [6.45, 7) is 7.02. The van der Waals surface area contributed by atoms with Gasteiger partial charge in [-0.2, -0.15) is 0 Å². The van der Waals surface area contributed by atoms with Gasteiger partial charge in [0.2, 0.25) is 0 Å². The maximum absolute atomic E-state index is 5.88. The maximum atomic E-state index is 5.88. The Kier molecular flexibility index (Phi) is 5.26. The van der Waals surface area contributed by atoms with Crippen LogP contribution in [0.2, 0.25) is 0 Å². The molecule has 0 amide bonds. The highest BCUT2D eigenvalue weighted by Crippen LogP contribution is 2.16. The van der Waals surface area contributed by atoms with Crippen molar-refractivity contribution in [3.05, 3.63) is 0 Å². The quantitative estimate of drug-likeness (QED) is 0.556. The summed E-state index contributed by atoms with van der Waals surface area (Å²) in [4.78, 5) is 6.93. The zero-order chi connectivity index (χ0) is 12.8. The number of ether oxygens (including phenoxy) is 1. The maximum Gasteiger partial charge on any atom is 0.188 e. The number of nitrogens with two attached hydrogens (primary N) is 1. The molecule has 0 aromatic rings. The van der Waals surface area contributed by atoms with E-state index in [1.165, 1.54) is 19.4 Å². The largest absolute Gasteiger partial charge is 0.376 e. The molecule has 0 bridgehead atoms. The number of guanidine groups is 1. The Labute approximate surface area is 110 Å². The molecule has 0 aliphatic carbocycles. The fourth-order valence-corrected chi connectivity index (χ4v) is 2.80. The van der Waals surface area contributed by atoms with Gasteiger partial charge in [0.1, 0.15) is 0 Å². The van der Waals surface area contributed by atoms with E-state index in [1.54, 1.807) is 0 Å². The van der Waals surface area contributed by atoms with Gasteiger partial charge in [0.25, 0.3) is 0 Å². The third-order valence-electron chi connectivity index (χ3n) is 3.91. The number of nitrogens with zero attached hydrogens (tertiary/aromatic N) is 2. The molecule has 104 valence electrons. The second-order valence-corrected chi connectivity index (χ2v) is 5.17. The Hall–Kier alpha value is -0.810. The van der Waals surface area contributed by atoms with E-state index in [0.717, 1.165) is 39.1 Å². The molecule has 2 saturated heterocycles. The van der Waals surface area contributed by atoms with Gasteiger partial charge in [-0.05, 0) is 38.8 Å². The van der Waals surface area contributed by atoms with Crippen LogP contribution in [0.4, 0.5) is 0 Å². The molecule has 3 N–H and O–H groups in total. The minimum atomic E-state index is 0.317. The van der Waals surface area contributed by atoms with Crippen LogP contribution in [0.5, 0.6) is 0 Å². The summed E-state index contributed by atoms with van der Waals surface area (Å²) in [6.07, 6.45) is 5.15. The minimum Gasteiger partial charge on any atom is -0.376 e. The average Bonchev–Trinajstić information content (AvgIpc) is 3.04. The summed E-state index contributed by atoms with van der Waals surface area (Å²) in [5.74, 6) is 0.563. The second-order valence-electron chi connectivity index (χ2n) is 5.17. The van der Waals surface area contributed by atoms with E-state index in [2.05, 4.69) is 22.1 Å². The first kappa shape index (κ1) is 13.6. The summed E-state index contributed by atoms with van der Waals surface area (Å²) in [7, 11) is 0. The van der Waals surface area contributed by atoms with E-state index in [1.807, 2.05) is 0 Å². The Morgan fingerprint density at radius 3 is 3.06 bits per heavy atom. The molecule has 0 aromatic heterocycles. The van der Waals surface area contributed by atoms with Crippen LogP contribution in [0.15, 0.2) is 4.99 Å². The van der Waals surface area contributed by atoms with Crippen LogP contribution in [0.25, 0.3) is 0 Å². The van der Waals surface area contributed by atoms with Gasteiger partial charge < -0.3 is 15.8 Å².